The highest BCUT2D eigenvalue weighted by Crippen LogP contribution is 2.23. The topological polar surface area (TPSA) is 38.4 Å². The van der Waals surface area contributed by atoms with Gasteiger partial charge in [-0.05, 0) is 30.5 Å². The fraction of sp³-hybridized carbons (Fsp3) is 0.500. The van der Waals surface area contributed by atoms with Crippen LogP contribution in [-0.2, 0) is 6.54 Å². The summed E-state index contributed by atoms with van der Waals surface area (Å²) in [6.45, 7) is 0.666. The third-order valence-electron chi connectivity index (χ3n) is 3.38. The maximum Gasteiger partial charge on any atom is 0.0972 e. The molecule has 3 heteroatoms. The lowest BCUT2D eigenvalue weighted by atomic mass is 9.88. The Morgan fingerprint density at radius 3 is 2.47 bits per heavy atom. The van der Waals surface area contributed by atoms with Crippen molar-refractivity contribution in [3.8, 4) is 0 Å². The Labute approximate surface area is 108 Å². The van der Waals surface area contributed by atoms with Gasteiger partial charge in [-0.1, -0.05) is 43.0 Å². The first-order valence-corrected chi connectivity index (χ1v) is 6.68. The van der Waals surface area contributed by atoms with Crippen molar-refractivity contribution in [2.75, 3.05) is 0 Å². The molecule has 0 aliphatic heterocycles. The zero-order chi connectivity index (χ0) is 12.1. The molecule has 1 aromatic carbocycles. The Bertz CT molecular complexity index is 378. The third-order valence-corrected chi connectivity index (χ3v) is 3.63. The SMILES string of the molecule is NC(=NCc1ccc(Cl)cc1)C1CCCCC1. The van der Waals surface area contributed by atoms with Crippen molar-refractivity contribution in [3.63, 3.8) is 0 Å². The van der Waals surface area contributed by atoms with Gasteiger partial charge in [0.2, 0.25) is 0 Å². The van der Waals surface area contributed by atoms with Crippen molar-refractivity contribution in [2.45, 2.75) is 38.6 Å². The molecule has 0 heterocycles. The van der Waals surface area contributed by atoms with Crippen molar-refractivity contribution < 1.29 is 0 Å². The summed E-state index contributed by atoms with van der Waals surface area (Å²) in [5, 5.41) is 0.762. The Balaban J connectivity index is 1.92. The van der Waals surface area contributed by atoms with Crippen LogP contribution in [0, 0.1) is 5.92 Å². The van der Waals surface area contributed by atoms with Gasteiger partial charge in [-0.15, -0.1) is 0 Å². The summed E-state index contributed by atoms with van der Waals surface area (Å²) in [7, 11) is 0. The van der Waals surface area contributed by atoms with Crippen LogP contribution in [0.15, 0.2) is 29.3 Å². The van der Waals surface area contributed by atoms with Crippen LogP contribution in [0.1, 0.15) is 37.7 Å². The van der Waals surface area contributed by atoms with E-state index in [1.165, 1.54) is 32.1 Å². The van der Waals surface area contributed by atoms with Crippen LogP contribution in [0.2, 0.25) is 5.02 Å². The van der Waals surface area contributed by atoms with Crippen LogP contribution in [-0.4, -0.2) is 5.84 Å². The highest BCUT2D eigenvalue weighted by molar-refractivity contribution is 6.30. The number of nitrogens with zero attached hydrogens (tertiary/aromatic N) is 1. The summed E-state index contributed by atoms with van der Waals surface area (Å²) in [5.74, 6) is 1.34. The van der Waals surface area contributed by atoms with E-state index < -0.39 is 0 Å². The predicted molar refractivity (Wildman–Crippen MR) is 73.4 cm³/mol. The van der Waals surface area contributed by atoms with E-state index in [0.29, 0.717) is 12.5 Å². The maximum atomic E-state index is 6.05. The van der Waals surface area contributed by atoms with Crippen LogP contribution < -0.4 is 5.73 Å². The number of rotatable bonds is 3. The molecule has 0 spiro atoms. The highest BCUT2D eigenvalue weighted by Gasteiger charge is 2.16. The van der Waals surface area contributed by atoms with Gasteiger partial charge in [0.15, 0.2) is 0 Å². The molecule has 0 bridgehead atoms. The number of hydrogen-bond acceptors (Lipinski definition) is 1. The molecular formula is C14H19ClN2. The summed E-state index contributed by atoms with van der Waals surface area (Å²) < 4.78 is 0. The molecule has 1 aliphatic rings. The molecule has 0 radical (unpaired) electrons. The van der Waals surface area contributed by atoms with Crippen LogP contribution in [0.4, 0.5) is 0 Å². The predicted octanol–water partition coefficient (Wildman–Crippen LogP) is 3.78. The summed E-state index contributed by atoms with van der Waals surface area (Å²) in [4.78, 5) is 4.50. The Hall–Kier alpha value is -1.02. The van der Waals surface area contributed by atoms with Crippen molar-refractivity contribution in [3.05, 3.63) is 34.9 Å². The van der Waals surface area contributed by atoms with Gasteiger partial charge in [-0.2, -0.15) is 0 Å². The van der Waals surface area contributed by atoms with Gasteiger partial charge in [-0.25, -0.2) is 0 Å². The normalized spacial score (nSPS) is 18.3. The lowest BCUT2D eigenvalue weighted by Gasteiger charge is -2.20. The Morgan fingerprint density at radius 1 is 1.18 bits per heavy atom. The largest absolute Gasteiger partial charge is 0.387 e. The highest BCUT2D eigenvalue weighted by atomic mass is 35.5. The van der Waals surface area contributed by atoms with E-state index in [0.717, 1.165) is 16.4 Å². The molecule has 92 valence electrons. The van der Waals surface area contributed by atoms with E-state index in [4.69, 9.17) is 17.3 Å². The molecule has 0 amide bonds. The van der Waals surface area contributed by atoms with Crippen LogP contribution in [0.25, 0.3) is 0 Å². The van der Waals surface area contributed by atoms with Crippen molar-refractivity contribution >= 4 is 17.4 Å². The second-order valence-electron chi connectivity index (χ2n) is 4.70. The van der Waals surface area contributed by atoms with E-state index in [1.807, 2.05) is 24.3 Å². The molecule has 1 aliphatic carbocycles. The number of aliphatic imine (C=N–C) groups is 1. The van der Waals surface area contributed by atoms with Crippen molar-refractivity contribution in [1.29, 1.82) is 0 Å². The lowest BCUT2D eigenvalue weighted by Crippen LogP contribution is -2.25. The van der Waals surface area contributed by atoms with E-state index in [1.54, 1.807) is 0 Å². The summed E-state index contributed by atoms with van der Waals surface area (Å²) in [5.41, 5.74) is 7.21. The average molecular weight is 251 g/mol. The quantitative estimate of drug-likeness (QED) is 0.644. The summed E-state index contributed by atoms with van der Waals surface area (Å²) in [6, 6.07) is 7.78. The Morgan fingerprint density at radius 2 is 1.82 bits per heavy atom. The second kappa shape index (κ2) is 6.06. The number of hydrogen-bond donors (Lipinski definition) is 1. The minimum absolute atomic E-state index is 0.510. The van der Waals surface area contributed by atoms with Gasteiger partial charge in [0, 0.05) is 10.9 Å². The molecule has 2 rings (SSSR count). The van der Waals surface area contributed by atoms with Crippen LogP contribution in [0.5, 0.6) is 0 Å². The zero-order valence-electron chi connectivity index (χ0n) is 10.0. The second-order valence-corrected chi connectivity index (χ2v) is 5.14. The van der Waals surface area contributed by atoms with Gasteiger partial charge >= 0.3 is 0 Å². The fourth-order valence-corrected chi connectivity index (χ4v) is 2.43. The van der Waals surface area contributed by atoms with E-state index in [-0.39, 0.29) is 0 Å². The molecule has 0 saturated heterocycles. The molecule has 2 nitrogen and oxygen atoms in total. The maximum absolute atomic E-state index is 6.05. The van der Waals surface area contributed by atoms with Crippen LogP contribution in [0.3, 0.4) is 0 Å². The monoisotopic (exact) mass is 250 g/mol. The van der Waals surface area contributed by atoms with Crippen molar-refractivity contribution in [2.24, 2.45) is 16.6 Å². The van der Waals surface area contributed by atoms with Gasteiger partial charge in [0.1, 0.15) is 0 Å². The first-order valence-electron chi connectivity index (χ1n) is 6.30. The molecule has 0 aromatic heterocycles. The first kappa shape index (κ1) is 12.4. The minimum atomic E-state index is 0.510. The number of amidine groups is 1. The Kier molecular flexibility index (Phi) is 4.43. The zero-order valence-corrected chi connectivity index (χ0v) is 10.8. The van der Waals surface area contributed by atoms with E-state index >= 15 is 0 Å². The van der Waals surface area contributed by atoms with Crippen LogP contribution >= 0.6 is 11.6 Å². The fourth-order valence-electron chi connectivity index (χ4n) is 2.30. The van der Waals surface area contributed by atoms with Gasteiger partial charge in [0.25, 0.3) is 0 Å². The molecule has 0 atom stereocenters. The third kappa shape index (κ3) is 3.74. The van der Waals surface area contributed by atoms with Gasteiger partial charge in [-0.3, -0.25) is 4.99 Å². The first-order chi connectivity index (χ1) is 8.25. The van der Waals surface area contributed by atoms with Gasteiger partial charge < -0.3 is 5.73 Å². The molecule has 1 saturated carbocycles. The lowest BCUT2D eigenvalue weighted by molar-refractivity contribution is 0.436. The summed E-state index contributed by atoms with van der Waals surface area (Å²) in [6.07, 6.45) is 6.34. The van der Waals surface area contributed by atoms with Crippen molar-refractivity contribution in [1.82, 2.24) is 0 Å². The smallest absolute Gasteiger partial charge is 0.0972 e. The van der Waals surface area contributed by atoms with Gasteiger partial charge in [0.05, 0.1) is 12.4 Å². The molecule has 1 aromatic rings. The average Bonchev–Trinajstić information content (AvgIpc) is 2.39. The summed E-state index contributed by atoms with van der Waals surface area (Å²) >= 11 is 5.84. The molecule has 1 fully saturated rings. The number of nitrogens with two attached hydrogens (primary N) is 1. The van der Waals surface area contributed by atoms with E-state index in [9.17, 15) is 0 Å². The minimum Gasteiger partial charge on any atom is -0.387 e. The molecule has 2 N–H and O–H groups in total. The molecule has 0 unspecified atom stereocenters. The number of benzene rings is 1. The molecule has 17 heavy (non-hydrogen) atoms. The standard InChI is InChI=1S/C14H19ClN2/c15-13-8-6-11(7-9-13)10-17-14(16)12-4-2-1-3-5-12/h6-9,12H,1-5,10H2,(H2,16,17). The molecular weight excluding hydrogens is 232 g/mol. The number of halogens is 1. The van der Waals surface area contributed by atoms with E-state index in [2.05, 4.69) is 4.99 Å².